The van der Waals surface area contributed by atoms with E-state index in [9.17, 15) is 9.59 Å². The molecule has 1 atom stereocenters. The standard InChI is InChI=1S/C20H26N2O3S2/c1-6-25-18(24)16-11(2)21-19(27-16)22-17(23)14-10-26-15-9-12(20(3,4)5)7-8-13(14)15/h10,12H,6-9H2,1-5H3,(H,21,22,23). The van der Waals surface area contributed by atoms with Gasteiger partial charge in [0, 0.05) is 10.3 Å². The summed E-state index contributed by atoms with van der Waals surface area (Å²) in [5, 5.41) is 5.25. The van der Waals surface area contributed by atoms with Crippen LogP contribution in [-0.2, 0) is 17.6 Å². The van der Waals surface area contributed by atoms with Crippen molar-refractivity contribution in [3.8, 4) is 0 Å². The number of esters is 1. The van der Waals surface area contributed by atoms with E-state index in [4.69, 9.17) is 4.74 Å². The number of thiazole rings is 1. The first-order valence-corrected chi connectivity index (χ1v) is 11.0. The van der Waals surface area contributed by atoms with E-state index in [2.05, 4.69) is 31.1 Å². The minimum Gasteiger partial charge on any atom is -0.462 e. The van der Waals surface area contributed by atoms with Gasteiger partial charge in [0.2, 0.25) is 0 Å². The van der Waals surface area contributed by atoms with Crippen molar-refractivity contribution in [2.75, 3.05) is 11.9 Å². The molecule has 0 bridgehead atoms. The molecular formula is C20H26N2O3S2. The minimum absolute atomic E-state index is 0.147. The second-order valence-corrected chi connectivity index (χ2v) is 9.93. The van der Waals surface area contributed by atoms with Gasteiger partial charge in [0.15, 0.2) is 5.13 Å². The number of ether oxygens (including phenoxy) is 1. The van der Waals surface area contributed by atoms with E-state index in [1.807, 2.05) is 5.38 Å². The molecule has 1 amide bonds. The van der Waals surface area contributed by atoms with E-state index < -0.39 is 5.97 Å². The van der Waals surface area contributed by atoms with E-state index in [-0.39, 0.29) is 11.3 Å². The Labute approximate surface area is 168 Å². The Morgan fingerprint density at radius 2 is 2.11 bits per heavy atom. The quantitative estimate of drug-likeness (QED) is 0.718. The number of rotatable bonds is 4. The van der Waals surface area contributed by atoms with Gasteiger partial charge in [0.1, 0.15) is 4.88 Å². The van der Waals surface area contributed by atoms with Crippen LogP contribution in [0.4, 0.5) is 5.13 Å². The van der Waals surface area contributed by atoms with Crippen LogP contribution in [0.15, 0.2) is 5.38 Å². The van der Waals surface area contributed by atoms with Gasteiger partial charge >= 0.3 is 5.97 Å². The number of fused-ring (bicyclic) bond motifs is 1. The molecule has 146 valence electrons. The number of aromatic nitrogens is 1. The Morgan fingerprint density at radius 3 is 2.78 bits per heavy atom. The van der Waals surface area contributed by atoms with E-state index in [0.717, 1.165) is 36.2 Å². The summed E-state index contributed by atoms with van der Waals surface area (Å²) in [4.78, 5) is 30.8. The SMILES string of the molecule is CCOC(=O)c1sc(NC(=O)c2csc3c2CCC(C(C)(C)C)C3)nc1C. The lowest BCUT2D eigenvalue weighted by Gasteiger charge is -2.34. The van der Waals surface area contributed by atoms with E-state index in [1.54, 1.807) is 25.2 Å². The number of nitrogens with one attached hydrogen (secondary N) is 1. The highest BCUT2D eigenvalue weighted by Gasteiger charge is 2.32. The number of anilines is 1. The number of aryl methyl sites for hydroxylation is 1. The molecule has 0 spiro atoms. The Balaban J connectivity index is 1.75. The smallest absolute Gasteiger partial charge is 0.350 e. The number of hydrogen-bond acceptors (Lipinski definition) is 6. The number of nitrogens with zero attached hydrogens (tertiary/aromatic N) is 1. The van der Waals surface area contributed by atoms with Crippen molar-refractivity contribution in [1.29, 1.82) is 0 Å². The van der Waals surface area contributed by atoms with Gasteiger partial charge in [-0.15, -0.1) is 11.3 Å². The normalized spacial score (nSPS) is 16.7. The Hall–Kier alpha value is -1.73. The van der Waals surface area contributed by atoms with Gasteiger partial charge in [-0.2, -0.15) is 0 Å². The zero-order chi connectivity index (χ0) is 19.8. The second-order valence-electron chi connectivity index (χ2n) is 7.97. The average Bonchev–Trinajstić information content (AvgIpc) is 3.17. The molecule has 1 aliphatic rings. The summed E-state index contributed by atoms with van der Waals surface area (Å²) in [6.45, 7) is 10.7. The molecule has 5 nitrogen and oxygen atoms in total. The zero-order valence-corrected chi connectivity index (χ0v) is 18.1. The van der Waals surface area contributed by atoms with Crippen molar-refractivity contribution >= 4 is 39.7 Å². The molecule has 3 rings (SSSR count). The summed E-state index contributed by atoms with van der Waals surface area (Å²) < 4.78 is 5.03. The fourth-order valence-corrected chi connectivity index (χ4v) is 5.46. The van der Waals surface area contributed by atoms with E-state index in [1.165, 1.54) is 10.4 Å². The summed E-state index contributed by atoms with van der Waals surface area (Å²) in [5.41, 5.74) is 2.78. The first-order valence-electron chi connectivity index (χ1n) is 9.25. The van der Waals surface area contributed by atoms with Crippen LogP contribution >= 0.6 is 22.7 Å². The van der Waals surface area contributed by atoms with Gasteiger partial charge in [-0.1, -0.05) is 32.1 Å². The van der Waals surface area contributed by atoms with Crippen LogP contribution in [0.2, 0.25) is 0 Å². The molecular weight excluding hydrogens is 380 g/mol. The molecule has 27 heavy (non-hydrogen) atoms. The summed E-state index contributed by atoms with van der Waals surface area (Å²) in [5.74, 6) is 0.105. The maximum absolute atomic E-state index is 12.8. The van der Waals surface area contributed by atoms with Crippen LogP contribution in [0.5, 0.6) is 0 Å². The Bertz CT molecular complexity index is 861. The fraction of sp³-hybridized carbons (Fsp3) is 0.550. The molecule has 0 saturated carbocycles. The monoisotopic (exact) mass is 406 g/mol. The predicted molar refractivity (Wildman–Crippen MR) is 110 cm³/mol. The molecule has 2 heterocycles. The number of amides is 1. The number of carbonyl (C=O) groups is 2. The highest BCUT2D eigenvalue weighted by atomic mass is 32.1. The first kappa shape index (κ1) is 20.0. The lowest BCUT2D eigenvalue weighted by atomic mass is 9.72. The molecule has 0 aliphatic heterocycles. The zero-order valence-electron chi connectivity index (χ0n) is 16.5. The fourth-order valence-electron chi connectivity index (χ4n) is 3.44. The molecule has 1 aliphatic carbocycles. The number of carbonyl (C=O) groups excluding carboxylic acids is 2. The van der Waals surface area contributed by atoms with Crippen molar-refractivity contribution in [1.82, 2.24) is 4.98 Å². The molecule has 0 radical (unpaired) electrons. The third-order valence-corrected chi connectivity index (χ3v) is 7.21. The predicted octanol–water partition coefficient (Wildman–Crippen LogP) is 5.09. The van der Waals surface area contributed by atoms with Crippen molar-refractivity contribution in [2.45, 2.75) is 53.9 Å². The van der Waals surface area contributed by atoms with Crippen LogP contribution in [0, 0.1) is 18.3 Å². The number of hydrogen-bond donors (Lipinski definition) is 1. The van der Waals surface area contributed by atoms with Crippen molar-refractivity contribution in [2.24, 2.45) is 11.3 Å². The molecule has 0 aromatic carbocycles. The second kappa shape index (κ2) is 7.72. The van der Waals surface area contributed by atoms with Crippen LogP contribution in [0.25, 0.3) is 0 Å². The van der Waals surface area contributed by atoms with E-state index >= 15 is 0 Å². The molecule has 1 unspecified atom stereocenters. The summed E-state index contributed by atoms with van der Waals surface area (Å²) in [6.07, 6.45) is 3.09. The lowest BCUT2D eigenvalue weighted by Crippen LogP contribution is -2.27. The lowest BCUT2D eigenvalue weighted by molar-refractivity contribution is 0.0531. The topological polar surface area (TPSA) is 68.3 Å². The van der Waals surface area contributed by atoms with E-state index in [0.29, 0.717) is 28.2 Å². The molecule has 2 aromatic heterocycles. The van der Waals surface area contributed by atoms with Crippen molar-refractivity contribution in [3.05, 3.63) is 32.0 Å². The first-order chi connectivity index (χ1) is 12.7. The van der Waals surface area contributed by atoms with Gasteiger partial charge in [0.05, 0.1) is 17.9 Å². The minimum atomic E-state index is -0.394. The maximum Gasteiger partial charge on any atom is 0.350 e. The molecule has 2 aromatic rings. The van der Waals surface area contributed by atoms with Gasteiger partial charge in [0.25, 0.3) is 5.91 Å². The van der Waals surface area contributed by atoms with Crippen molar-refractivity contribution in [3.63, 3.8) is 0 Å². The highest BCUT2D eigenvalue weighted by Crippen LogP contribution is 2.40. The third-order valence-electron chi connectivity index (χ3n) is 5.10. The third kappa shape index (κ3) is 4.24. The molecule has 7 heteroatoms. The van der Waals surface area contributed by atoms with Crippen LogP contribution in [-0.4, -0.2) is 23.5 Å². The number of thiophene rings is 1. The maximum atomic E-state index is 12.8. The van der Waals surface area contributed by atoms with Crippen LogP contribution < -0.4 is 5.32 Å². The highest BCUT2D eigenvalue weighted by molar-refractivity contribution is 7.17. The van der Waals surface area contributed by atoms with Gasteiger partial charge in [-0.3, -0.25) is 10.1 Å². The van der Waals surface area contributed by atoms with Gasteiger partial charge in [-0.05, 0) is 50.0 Å². The Morgan fingerprint density at radius 1 is 1.37 bits per heavy atom. The molecule has 0 fully saturated rings. The van der Waals surface area contributed by atoms with Gasteiger partial charge in [-0.25, -0.2) is 9.78 Å². The summed E-state index contributed by atoms with van der Waals surface area (Å²) in [7, 11) is 0. The molecule has 0 saturated heterocycles. The Kier molecular flexibility index (Phi) is 5.72. The van der Waals surface area contributed by atoms with Crippen molar-refractivity contribution < 1.29 is 14.3 Å². The van der Waals surface area contributed by atoms with Gasteiger partial charge < -0.3 is 4.74 Å². The molecule has 1 N–H and O–H groups in total. The summed E-state index contributed by atoms with van der Waals surface area (Å²) >= 11 is 2.84. The van der Waals surface area contributed by atoms with Crippen LogP contribution in [0.3, 0.4) is 0 Å². The summed E-state index contributed by atoms with van der Waals surface area (Å²) in [6, 6.07) is 0. The largest absolute Gasteiger partial charge is 0.462 e. The average molecular weight is 407 g/mol. The van der Waals surface area contributed by atoms with Crippen LogP contribution in [0.1, 0.15) is 70.3 Å².